The lowest BCUT2D eigenvalue weighted by Gasteiger charge is -2.41. The predicted molar refractivity (Wildman–Crippen MR) is 105 cm³/mol. The van der Waals surface area contributed by atoms with E-state index in [-0.39, 0.29) is 11.5 Å². The topological polar surface area (TPSA) is 56.7 Å². The first kappa shape index (κ1) is 18.2. The van der Waals surface area contributed by atoms with Gasteiger partial charge in [0.15, 0.2) is 0 Å². The first-order chi connectivity index (χ1) is 12.5. The summed E-state index contributed by atoms with van der Waals surface area (Å²) in [4.78, 5) is 22.4. The third-order valence-electron chi connectivity index (χ3n) is 6.49. The van der Waals surface area contributed by atoms with Crippen LogP contribution in [-0.4, -0.2) is 52.7 Å². The standard InChI is InChI=1S/C20H28BrN3O2/c1-14-11-17(21)18(22-12-14)23-9-2-7-20(13-23)8-10-24(19(20)26)15-3-5-16(25)6-4-15/h11-12,15-16,25H,2-10,13H2,1H3/t15-,16-,20-/m1/s1. The highest BCUT2D eigenvalue weighted by molar-refractivity contribution is 9.10. The van der Waals surface area contributed by atoms with E-state index in [1.807, 2.05) is 13.1 Å². The third kappa shape index (κ3) is 3.26. The molecule has 0 aromatic carbocycles. The molecular formula is C20H28BrN3O2. The molecule has 1 aromatic rings. The lowest BCUT2D eigenvalue weighted by Crippen LogP contribution is -2.50. The SMILES string of the molecule is Cc1cnc(N2CCC[C@@]3(CCN([C@H]4CC[C@H](O)CC4)C3=O)C2)c(Br)c1. The first-order valence-corrected chi connectivity index (χ1v) is 10.6. The van der Waals surface area contributed by atoms with Gasteiger partial charge in [0.25, 0.3) is 0 Å². The number of halogens is 1. The molecule has 0 unspecified atom stereocenters. The van der Waals surface area contributed by atoms with Crippen LogP contribution in [0.15, 0.2) is 16.7 Å². The average Bonchev–Trinajstić information content (AvgIpc) is 2.92. The largest absolute Gasteiger partial charge is 0.393 e. The van der Waals surface area contributed by atoms with Crippen LogP contribution in [0.4, 0.5) is 5.82 Å². The molecule has 2 aliphatic heterocycles. The van der Waals surface area contributed by atoms with Gasteiger partial charge in [-0.1, -0.05) is 0 Å². The van der Waals surface area contributed by atoms with E-state index in [1.165, 1.54) is 0 Å². The number of pyridine rings is 1. The highest BCUT2D eigenvalue weighted by atomic mass is 79.9. The highest BCUT2D eigenvalue weighted by Gasteiger charge is 2.50. The number of aromatic nitrogens is 1. The zero-order chi connectivity index (χ0) is 18.3. The summed E-state index contributed by atoms with van der Waals surface area (Å²) in [6.07, 6.45) is 8.23. The summed E-state index contributed by atoms with van der Waals surface area (Å²) in [6, 6.07) is 2.42. The predicted octanol–water partition coefficient (Wildman–Crippen LogP) is 3.27. The summed E-state index contributed by atoms with van der Waals surface area (Å²) in [5, 5.41) is 9.76. The first-order valence-electron chi connectivity index (χ1n) is 9.85. The average molecular weight is 422 g/mol. The number of aryl methyl sites for hydroxylation is 1. The fraction of sp³-hybridized carbons (Fsp3) is 0.700. The van der Waals surface area contributed by atoms with Crippen LogP contribution in [-0.2, 0) is 4.79 Å². The Hall–Kier alpha value is -1.14. The molecule has 1 aliphatic carbocycles. The van der Waals surface area contributed by atoms with Crippen molar-refractivity contribution in [2.75, 3.05) is 24.5 Å². The Morgan fingerprint density at radius 1 is 1.23 bits per heavy atom. The van der Waals surface area contributed by atoms with Gasteiger partial charge in [0, 0.05) is 31.9 Å². The van der Waals surface area contributed by atoms with Crippen molar-refractivity contribution in [3.63, 3.8) is 0 Å². The summed E-state index contributed by atoms with van der Waals surface area (Å²) >= 11 is 3.65. The molecule has 1 aromatic heterocycles. The number of rotatable bonds is 2. The van der Waals surface area contributed by atoms with E-state index in [0.717, 1.165) is 80.4 Å². The van der Waals surface area contributed by atoms with E-state index in [1.54, 1.807) is 0 Å². The van der Waals surface area contributed by atoms with Gasteiger partial charge in [-0.3, -0.25) is 4.79 Å². The van der Waals surface area contributed by atoms with Crippen molar-refractivity contribution < 1.29 is 9.90 Å². The molecule has 3 heterocycles. The van der Waals surface area contributed by atoms with Crippen LogP contribution in [0.2, 0.25) is 0 Å². The van der Waals surface area contributed by atoms with Gasteiger partial charge in [-0.2, -0.15) is 0 Å². The molecule has 1 atom stereocenters. The lowest BCUT2D eigenvalue weighted by atomic mass is 9.78. The van der Waals surface area contributed by atoms with E-state index in [4.69, 9.17) is 0 Å². The van der Waals surface area contributed by atoms with E-state index < -0.39 is 0 Å². The molecule has 4 rings (SSSR count). The molecule has 1 spiro atoms. The Kier molecular flexibility index (Phi) is 4.99. The molecule has 0 radical (unpaired) electrons. The van der Waals surface area contributed by atoms with Crippen molar-refractivity contribution in [3.8, 4) is 0 Å². The van der Waals surface area contributed by atoms with Crippen LogP contribution in [0.3, 0.4) is 0 Å². The molecule has 1 N–H and O–H groups in total. The monoisotopic (exact) mass is 421 g/mol. The molecule has 142 valence electrons. The van der Waals surface area contributed by atoms with Gasteiger partial charge in [0.1, 0.15) is 5.82 Å². The van der Waals surface area contributed by atoms with Crippen molar-refractivity contribution >= 4 is 27.7 Å². The normalized spacial score (nSPS) is 32.5. The summed E-state index contributed by atoms with van der Waals surface area (Å²) in [7, 11) is 0. The van der Waals surface area contributed by atoms with E-state index >= 15 is 0 Å². The number of anilines is 1. The minimum absolute atomic E-state index is 0.173. The van der Waals surface area contributed by atoms with Gasteiger partial charge in [-0.25, -0.2) is 4.98 Å². The van der Waals surface area contributed by atoms with Gasteiger partial charge >= 0.3 is 0 Å². The van der Waals surface area contributed by atoms with Gasteiger partial charge < -0.3 is 14.9 Å². The van der Waals surface area contributed by atoms with Crippen LogP contribution >= 0.6 is 15.9 Å². The van der Waals surface area contributed by atoms with Crippen molar-refractivity contribution in [1.82, 2.24) is 9.88 Å². The molecule has 1 saturated carbocycles. The van der Waals surface area contributed by atoms with Gasteiger partial charge in [0.05, 0.1) is 16.0 Å². The molecule has 6 heteroatoms. The molecule has 0 bridgehead atoms. The Labute approximate surface area is 163 Å². The number of piperidine rings is 1. The maximum Gasteiger partial charge on any atom is 0.230 e. The summed E-state index contributed by atoms with van der Waals surface area (Å²) in [6.45, 7) is 4.64. The molecule has 3 fully saturated rings. The fourth-order valence-electron chi connectivity index (χ4n) is 5.02. The Bertz CT molecular complexity index is 690. The van der Waals surface area contributed by atoms with E-state index in [2.05, 4.69) is 36.8 Å². The molecule has 5 nitrogen and oxygen atoms in total. The quantitative estimate of drug-likeness (QED) is 0.795. The van der Waals surface area contributed by atoms with Crippen LogP contribution < -0.4 is 4.90 Å². The lowest BCUT2D eigenvalue weighted by molar-refractivity contribution is -0.139. The second-order valence-corrected chi connectivity index (χ2v) is 9.19. The molecule has 2 saturated heterocycles. The molecule has 1 amide bonds. The Morgan fingerprint density at radius 2 is 2.00 bits per heavy atom. The van der Waals surface area contributed by atoms with Gasteiger partial charge in [-0.15, -0.1) is 0 Å². The molecular weight excluding hydrogens is 394 g/mol. The number of nitrogens with zero attached hydrogens (tertiary/aromatic N) is 3. The van der Waals surface area contributed by atoms with Crippen LogP contribution in [0, 0.1) is 12.3 Å². The van der Waals surface area contributed by atoms with E-state index in [9.17, 15) is 9.90 Å². The highest BCUT2D eigenvalue weighted by Crippen LogP contribution is 2.44. The Balaban J connectivity index is 1.50. The minimum atomic E-state index is -0.250. The number of hydrogen-bond acceptors (Lipinski definition) is 4. The third-order valence-corrected chi connectivity index (χ3v) is 7.07. The zero-order valence-corrected chi connectivity index (χ0v) is 17.0. The van der Waals surface area contributed by atoms with Crippen molar-refractivity contribution in [2.24, 2.45) is 5.41 Å². The maximum atomic E-state index is 13.4. The van der Waals surface area contributed by atoms with Crippen LogP contribution in [0.5, 0.6) is 0 Å². The Morgan fingerprint density at radius 3 is 2.73 bits per heavy atom. The van der Waals surface area contributed by atoms with Gasteiger partial charge in [-0.05, 0) is 79.4 Å². The van der Waals surface area contributed by atoms with E-state index in [0.29, 0.717) is 11.9 Å². The van der Waals surface area contributed by atoms with Crippen molar-refractivity contribution in [3.05, 3.63) is 22.3 Å². The smallest absolute Gasteiger partial charge is 0.230 e. The molecule has 3 aliphatic rings. The minimum Gasteiger partial charge on any atom is -0.393 e. The molecule has 26 heavy (non-hydrogen) atoms. The van der Waals surface area contributed by atoms with Crippen molar-refractivity contribution in [1.29, 1.82) is 0 Å². The number of carbonyl (C=O) groups is 1. The second kappa shape index (κ2) is 7.12. The number of likely N-dealkylation sites (tertiary alicyclic amines) is 1. The zero-order valence-electron chi connectivity index (χ0n) is 15.5. The number of hydrogen-bond donors (Lipinski definition) is 1. The summed E-state index contributed by atoms with van der Waals surface area (Å²) < 4.78 is 1.01. The fourth-order valence-corrected chi connectivity index (χ4v) is 5.73. The van der Waals surface area contributed by atoms with Crippen LogP contribution in [0.1, 0.15) is 50.5 Å². The van der Waals surface area contributed by atoms with Gasteiger partial charge in [0.2, 0.25) is 5.91 Å². The summed E-state index contributed by atoms with van der Waals surface area (Å²) in [5.41, 5.74) is 0.885. The van der Waals surface area contributed by atoms with Crippen molar-refractivity contribution in [2.45, 2.75) is 64.0 Å². The number of aliphatic hydroxyl groups is 1. The van der Waals surface area contributed by atoms with Crippen LogP contribution in [0.25, 0.3) is 0 Å². The number of amides is 1. The number of aliphatic hydroxyl groups excluding tert-OH is 1. The second-order valence-electron chi connectivity index (χ2n) is 8.33. The number of carbonyl (C=O) groups excluding carboxylic acids is 1. The maximum absolute atomic E-state index is 13.4. The summed E-state index contributed by atoms with van der Waals surface area (Å²) in [5.74, 6) is 1.30.